The molecule has 0 aromatic rings. The van der Waals surface area contributed by atoms with Crippen molar-refractivity contribution in [3.8, 4) is 0 Å². The third-order valence-corrected chi connectivity index (χ3v) is 2.64. The van der Waals surface area contributed by atoms with E-state index in [-0.39, 0.29) is 12.1 Å². The molecular weight excluding hydrogens is 204 g/mol. The number of ether oxygens (including phenoxy) is 1. The van der Waals surface area contributed by atoms with Crippen LogP contribution in [0.5, 0.6) is 0 Å². The maximum atomic E-state index is 11.8. The van der Waals surface area contributed by atoms with Gasteiger partial charge in [0, 0.05) is 19.1 Å². The van der Waals surface area contributed by atoms with Crippen molar-refractivity contribution in [1.29, 1.82) is 0 Å². The average molecular weight is 228 g/mol. The van der Waals surface area contributed by atoms with Gasteiger partial charge in [0.15, 0.2) is 0 Å². The molecule has 0 aliphatic carbocycles. The fourth-order valence-electron chi connectivity index (χ4n) is 2.04. The Hall–Kier alpha value is -0.770. The first kappa shape index (κ1) is 13.3. The van der Waals surface area contributed by atoms with Crippen LogP contribution >= 0.6 is 0 Å². The van der Waals surface area contributed by atoms with Crippen molar-refractivity contribution in [1.82, 2.24) is 4.90 Å². The summed E-state index contributed by atoms with van der Waals surface area (Å²) in [6.45, 7) is 9.26. The Morgan fingerprint density at radius 3 is 2.69 bits per heavy atom. The molecule has 2 unspecified atom stereocenters. The van der Waals surface area contributed by atoms with Gasteiger partial charge < -0.3 is 15.4 Å². The van der Waals surface area contributed by atoms with Crippen molar-refractivity contribution < 1.29 is 9.53 Å². The van der Waals surface area contributed by atoms with E-state index in [2.05, 4.69) is 0 Å². The van der Waals surface area contributed by atoms with Gasteiger partial charge in [0.2, 0.25) is 0 Å². The Balaban J connectivity index is 2.38. The van der Waals surface area contributed by atoms with Crippen LogP contribution in [0.1, 0.15) is 40.5 Å². The second-order valence-corrected chi connectivity index (χ2v) is 5.79. The Labute approximate surface area is 98.1 Å². The molecule has 1 aliphatic rings. The number of rotatable bonds is 2. The van der Waals surface area contributed by atoms with Crippen LogP contribution in [0.2, 0.25) is 0 Å². The largest absolute Gasteiger partial charge is 0.444 e. The normalized spacial score (nSPS) is 23.3. The lowest BCUT2D eigenvalue weighted by Gasteiger charge is -2.24. The summed E-state index contributed by atoms with van der Waals surface area (Å²) in [5.74, 6) is 0.535. The summed E-state index contributed by atoms with van der Waals surface area (Å²) in [7, 11) is 0. The number of nitrogens with zero attached hydrogens (tertiary/aromatic N) is 1. The minimum atomic E-state index is -0.406. The first-order valence-corrected chi connectivity index (χ1v) is 6.01. The van der Waals surface area contributed by atoms with E-state index in [9.17, 15) is 4.79 Å². The van der Waals surface area contributed by atoms with Crippen LogP contribution in [0.25, 0.3) is 0 Å². The molecule has 16 heavy (non-hydrogen) atoms. The van der Waals surface area contributed by atoms with E-state index in [4.69, 9.17) is 10.5 Å². The third kappa shape index (κ3) is 4.39. The predicted octanol–water partition coefficient (Wildman–Crippen LogP) is 1.98. The Morgan fingerprint density at radius 1 is 1.56 bits per heavy atom. The molecule has 94 valence electrons. The molecule has 1 rings (SSSR count). The van der Waals surface area contributed by atoms with Crippen molar-refractivity contribution in [2.45, 2.75) is 52.2 Å². The van der Waals surface area contributed by atoms with Crippen molar-refractivity contribution in [2.75, 3.05) is 13.1 Å². The fourth-order valence-corrected chi connectivity index (χ4v) is 2.04. The highest BCUT2D eigenvalue weighted by Crippen LogP contribution is 2.22. The van der Waals surface area contributed by atoms with Gasteiger partial charge in [-0.1, -0.05) is 0 Å². The molecule has 0 aromatic heterocycles. The van der Waals surface area contributed by atoms with Crippen LogP contribution in [0.3, 0.4) is 0 Å². The quantitative estimate of drug-likeness (QED) is 0.786. The molecule has 0 bridgehead atoms. The zero-order valence-corrected chi connectivity index (χ0v) is 10.8. The van der Waals surface area contributed by atoms with E-state index in [0.717, 1.165) is 25.9 Å². The summed E-state index contributed by atoms with van der Waals surface area (Å²) in [5.41, 5.74) is 5.35. The standard InChI is InChI=1S/C12H24N2O2/c1-9(13)7-10-5-6-14(8-10)11(15)16-12(2,3)4/h9-10H,5-8,13H2,1-4H3. The second kappa shape index (κ2) is 5.04. The van der Waals surface area contributed by atoms with Crippen LogP contribution in [0.4, 0.5) is 4.79 Å². The number of carbonyl (C=O) groups excluding carboxylic acids is 1. The maximum Gasteiger partial charge on any atom is 0.410 e. The number of likely N-dealkylation sites (tertiary alicyclic amines) is 1. The van der Waals surface area contributed by atoms with E-state index >= 15 is 0 Å². The molecule has 1 fully saturated rings. The number of carbonyl (C=O) groups is 1. The SMILES string of the molecule is CC(N)CC1CCN(C(=O)OC(C)(C)C)C1. The minimum absolute atomic E-state index is 0.195. The number of hydrogen-bond donors (Lipinski definition) is 1. The van der Waals surface area contributed by atoms with Gasteiger partial charge in [-0.25, -0.2) is 4.79 Å². The first-order chi connectivity index (χ1) is 7.28. The summed E-state index contributed by atoms with van der Waals surface area (Å²) < 4.78 is 5.33. The van der Waals surface area contributed by atoms with Crippen molar-refractivity contribution in [2.24, 2.45) is 11.7 Å². The summed E-state index contributed by atoms with van der Waals surface area (Å²) in [5, 5.41) is 0. The lowest BCUT2D eigenvalue weighted by molar-refractivity contribution is 0.0287. The molecule has 2 atom stereocenters. The molecule has 2 N–H and O–H groups in total. The molecule has 0 aromatic carbocycles. The Bertz CT molecular complexity index is 246. The number of hydrogen-bond acceptors (Lipinski definition) is 3. The second-order valence-electron chi connectivity index (χ2n) is 5.79. The van der Waals surface area contributed by atoms with Crippen LogP contribution in [0, 0.1) is 5.92 Å². The summed E-state index contributed by atoms with van der Waals surface area (Å²) in [6, 6.07) is 0.212. The summed E-state index contributed by atoms with van der Waals surface area (Å²) in [4.78, 5) is 13.6. The smallest absolute Gasteiger partial charge is 0.410 e. The molecule has 1 saturated heterocycles. The van der Waals surface area contributed by atoms with Gasteiger partial charge in [-0.3, -0.25) is 0 Å². The van der Waals surface area contributed by atoms with Crippen molar-refractivity contribution in [3.63, 3.8) is 0 Å². The molecule has 1 amide bonds. The van der Waals surface area contributed by atoms with Gasteiger partial charge in [-0.2, -0.15) is 0 Å². The van der Waals surface area contributed by atoms with Gasteiger partial charge in [0.25, 0.3) is 0 Å². The zero-order valence-electron chi connectivity index (χ0n) is 10.8. The van der Waals surface area contributed by atoms with Crippen molar-refractivity contribution in [3.05, 3.63) is 0 Å². The lowest BCUT2D eigenvalue weighted by Crippen LogP contribution is -2.35. The van der Waals surface area contributed by atoms with E-state index in [0.29, 0.717) is 5.92 Å². The molecular formula is C12H24N2O2. The molecule has 0 saturated carbocycles. The van der Waals surface area contributed by atoms with E-state index in [1.165, 1.54) is 0 Å². The highest BCUT2D eigenvalue weighted by Gasteiger charge is 2.29. The van der Waals surface area contributed by atoms with E-state index < -0.39 is 5.60 Å². The van der Waals surface area contributed by atoms with Crippen LogP contribution in [0.15, 0.2) is 0 Å². The topological polar surface area (TPSA) is 55.6 Å². The fraction of sp³-hybridized carbons (Fsp3) is 0.917. The van der Waals surface area contributed by atoms with E-state index in [1.54, 1.807) is 4.90 Å². The van der Waals surface area contributed by atoms with E-state index in [1.807, 2.05) is 27.7 Å². The Kier molecular flexibility index (Phi) is 4.19. The Morgan fingerprint density at radius 2 is 2.19 bits per heavy atom. The average Bonchev–Trinajstić information content (AvgIpc) is 2.48. The van der Waals surface area contributed by atoms with Crippen LogP contribution < -0.4 is 5.73 Å². The molecule has 0 spiro atoms. The van der Waals surface area contributed by atoms with Gasteiger partial charge in [-0.15, -0.1) is 0 Å². The van der Waals surface area contributed by atoms with Gasteiger partial charge in [0.05, 0.1) is 0 Å². The predicted molar refractivity (Wildman–Crippen MR) is 64.2 cm³/mol. The van der Waals surface area contributed by atoms with Crippen molar-refractivity contribution >= 4 is 6.09 Å². The highest BCUT2D eigenvalue weighted by atomic mass is 16.6. The van der Waals surface area contributed by atoms with Crippen LogP contribution in [-0.2, 0) is 4.74 Å². The number of nitrogens with two attached hydrogens (primary N) is 1. The monoisotopic (exact) mass is 228 g/mol. The molecule has 1 heterocycles. The minimum Gasteiger partial charge on any atom is -0.444 e. The lowest BCUT2D eigenvalue weighted by atomic mass is 10.0. The first-order valence-electron chi connectivity index (χ1n) is 6.01. The molecule has 1 aliphatic heterocycles. The van der Waals surface area contributed by atoms with Crippen LogP contribution in [-0.4, -0.2) is 35.7 Å². The summed E-state index contributed by atoms with van der Waals surface area (Å²) >= 11 is 0. The maximum absolute atomic E-state index is 11.8. The highest BCUT2D eigenvalue weighted by molar-refractivity contribution is 5.68. The van der Waals surface area contributed by atoms with Gasteiger partial charge >= 0.3 is 6.09 Å². The number of amides is 1. The molecule has 0 radical (unpaired) electrons. The molecule has 4 heteroatoms. The summed E-state index contributed by atoms with van der Waals surface area (Å²) in [6.07, 6.45) is 1.83. The molecule has 4 nitrogen and oxygen atoms in total. The van der Waals surface area contributed by atoms with Gasteiger partial charge in [0.1, 0.15) is 5.60 Å². The van der Waals surface area contributed by atoms with Gasteiger partial charge in [-0.05, 0) is 46.5 Å². The zero-order chi connectivity index (χ0) is 12.3. The third-order valence-electron chi connectivity index (χ3n) is 2.64.